The van der Waals surface area contributed by atoms with Crippen LogP contribution in [0, 0.1) is 5.92 Å². The van der Waals surface area contributed by atoms with E-state index in [0.29, 0.717) is 11.0 Å². The van der Waals surface area contributed by atoms with Gasteiger partial charge in [-0.25, -0.2) is 0 Å². The lowest BCUT2D eigenvalue weighted by atomic mass is 9.87. The Morgan fingerprint density at radius 1 is 1.33 bits per heavy atom. The Morgan fingerprint density at radius 2 is 2.00 bits per heavy atom. The number of hydrogen-bond acceptors (Lipinski definition) is 2. The van der Waals surface area contributed by atoms with E-state index in [1.165, 1.54) is 25.7 Å². The zero-order valence-corrected chi connectivity index (χ0v) is 13.0. The summed E-state index contributed by atoms with van der Waals surface area (Å²) in [6.45, 7) is 2.33. The Bertz CT molecular complexity index is 439. The Labute approximate surface area is 122 Å². The van der Waals surface area contributed by atoms with Crippen molar-refractivity contribution in [3.05, 3.63) is 28.2 Å². The first-order valence-corrected chi connectivity index (χ1v) is 7.62. The quantitative estimate of drug-likeness (QED) is 0.822. The molecule has 4 heteroatoms. The summed E-state index contributed by atoms with van der Waals surface area (Å²) in [7, 11) is 0. The van der Waals surface area contributed by atoms with Crippen LogP contribution in [0.4, 0.5) is 5.69 Å². The third-order valence-corrected chi connectivity index (χ3v) is 4.34. The van der Waals surface area contributed by atoms with Gasteiger partial charge in [-0.2, -0.15) is 0 Å². The van der Waals surface area contributed by atoms with Crippen LogP contribution in [-0.4, -0.2) is 11.0 Å². The molecule has 1 aromatic carbocycles. The van der Waals surface area contributed by atoms with E-state index in [4.69, 9.17) is 18.0 Å². The SMILES string of the molecule is CC1CCC(Nc2cc(Br)ccc2C(N)=S)CC1. The molecule has 0 radical (unpaired) electrons. The third-order valence-electron chi connectivity index (χ3n) is 3.62. The summed E-state index contributed by atoms with van der Waals surface area (Å²) in [6.07, 6.45) is 5.05. The summed E-state index contributed by atoms with van der Waals surface area (Å²) in [5, 5.41) is 3.59. The molecule has 18 heavy (non-hydrogen) atoms. The first-order valence-electron chi connectivity index (χ1n) is 6.42. The molecule has 0 heterocycles. The molecule has 1 aliphatic carbocycles. The van der Waals surface area contributed by atoms with Gasteiger partial charge in [0, 0.05) is 21.8 Å². The van der Waals surface area contributed by atoms with Gasteiger partial charge in [0.25, 0.3) is 0 Å². The van der Waals surface area contributed by atoms with Gasteiger partial charge >= 0.3 is 0 Å². The number of halogens is 1. The van der Waals surface area contributed by atoms with E-state index in [1.54, 1.807) is 0 Å². The fraction of sp³-hybridized carbons (Fsp3) is 0.500. The molecule has 0 aliphatic heterocycles. The lowest BCUT2D eigenvalue weighted by Crippen LogP contribution is -2.26. The normalized spacial score (nSPS) is 23.7. The number of rotatable bonds is 3. The smallest absolute Gasteiger partial charge is 0.106 e. The lowest BCUT2D eigenvalue weighted by Gasteiger charge is -2.28. The van der Waals surface area contributed by atoms with Crippen LogP contribution in [0.2, 0.25) is 0 Å². The molecule has 0 spiro atoms. The molecule has 1 aliphatic rings. The van der Waals surface area contributed by atoms with E-state index >= 15 is 0 Å². The first kappa shape index (κ1) is 13.8. The summed E-state index contributed by atoms with van der Waals surface area (Å²) in [6, 6.07) is 6.55. The number of nitrogens with two attached hydrogens (primary N) is 1. The summed E-state index contributed by atoms with van der Waals surface area (Å²) < 4.78 is 1.05. The molecule has 3 N–H and O–H groups in total. The van der Waals surface area contributed by atoms with Crippen molar-refractivity contribution in [2.24, 2.45) is 11.7 Å². The fourth-order valence-corrected chi connectivity index (χ4v) is 3.01. The molecule has 2 nitrogen and oxygen atoms in total. The van der Waals surface area contributed by atoms with Gasteiger partial charge < -0.3 is 11.1 Å². The van der Waals surface area contributed by atoms with Crippen LogP contribution in [0.3, 0.4) is 0 Å². The highest BCUT2D eigenvalue weighted by molar-refractivity contribution is 9.10. The van der Waals surface area contributed by atoms with E-state index in [0.717, 1.165) is 21.6 Å². The molecular weight excluding hydrogens is 308 g/mol. The zero-order valence-electron chi connectivity index (χ0n) is 10.6. The van der Waals surface area contributed by atoms with E-state index in [-0.39, 0.29) is 0 Å². The van der Waals surface area contributed by atoms with Crippen molar-refractivity contribution in [3.63, 3.8) is 0 Å². The van der Waals surface area contributed by atoms with E-state index < -0.39 is 0 Å². The largest absolute Gasteiger partial charge is 0.389 e. The van der Waals surface area contributed by atoms with E-state index in [9.17, 15) is 0 Å². The third kappa shape index (κ3) is 3.45. The molecule has 2 rings (SSSR count). The van der Waals surface area contributed by atoms with Gasteiger partial charge in [-0.3, -0.25) is 0 Å². The van der Waals surface area contributed by atoms with Crippen LogP contribution in [0.5, 0.6) is 0 Å². The van der Waals surface area contributed by atoms with Crippen LogP contribution in [0.25, 0.3) is 0 Å². The molecule has 1 aromatic rings. The Balaban J connectivity index is 2.12. The van der Waals surface area contributed by atoms with E-state index in [2.05, 4.69) is 34.2 Å². The lowest BCUT2D eigenvalue weighted by molar-refractivity contribution is 0.361. The minimum absolute atomic E-state index is 0.453. The van der Waals surface area contributed by atoms with Crippen LogP contribution in [0.1, 0.15) is 38.2 Å². The first-order chi connectivity index (χ1) is 8.56. The Kier molecular flexibility index (Phi) is 4.62. The number of anilines is 1. The number of thiocarbonyl (C=S) groups is 1. The van der Waals surface area contributed by atoms with Crippen molar-refractivity contribution >= 4 is 38.8 Å². The summed E-state index contributed by atoms with van der Waals surface area (Å²) in [5.41, 5.74) is 7.76. The maximum Gasteiger partial charge on any atom is 0.106 e. The molecule has 0 amide bonds. The number of benzene rings is 1. The fourth-order valence-electron chi connectivity index (χ4n) is 2.48. The maximum absolute atomic E-state index is 5.77. The van der Waals surface area contributed by atoms with Crippen molar-refractivity contribution in [3.8, 4) is 0 Å². The van der Waals surface area contributed by atoms with Crippen LogP contribution in [0.15, 0.2) is 22.7 Å². The van der Waals surface area contributed by atoms with Crippen molar-refractivity contribution in [1.29, 1.82) is 0 Å². The number of hydrogen-bond donors (Lipinski definition) is 2. The monoisotopic (exact) mass is 326 g/mol. The van der Waals surface area contributed by atoms with Crippen molar-refractivity contribution < 1.29 is 0 Å². The second-order valence-corrected chi connectivity index (χ2v) is 6.51. The molecular formula is C14H19BrN2S. The minimum atomic E-state index is 0.453. The number of nitrogens with one attached hydrogen (secondary N) is 1. The zero-order chi connectivity index (χ0) is 13.1. The summed E-state index contributed by atoms with van der Waals surface area (Å²) in [5.74, 6) is 0.862. The van der Waals surface area contributed by atoms with Crippen molar-refractivity contribution in [1.82, 2.24) is 0 Å². The average Bonchev–Trinajstić information content (AvgIpc) is 2.32. The molecule has 0 saturated heterocycles. The standard InChI is InChI=1S/C14H19BrN2S/c1-9-2-5-11(6-3-9)17-13-8-10(15)4-7-12(13)14(16)18/h4,7-9,11,17H,2-3,5-6H2,1H3,(H2,16,18). The highest BCUT2D eigenvalue weighted by Crippen LogP contribution is 2.28. The molecule has 0 aromatic heterocycles. The summed E-state index contributed by atoms with van der Waals surface area (Å²) in [4.78, 5) is 0.453. The van der Waals surface area contributed by atoms with Crippen LogP contribution >= 0.6 is 28.1 Å². The van der Waals surface area contributed by atoms with Crippen LogP contribution in [-0.2, 0) is 0 Å². The predicted octanol–water partition coefficient (Wildman–Crippen LogP) is 4.07. The molecule has 0 atom stereocenters. The summed E-state index contributed by atoms with van der Waals surface area (Å²) >= 11 is 8.60. The maximum atomic E-state index is 5.77. The van der Waals surface area contributed by atoms with E-state index in [1.807, 2.05) is 12.1 Å². The van der Waals surface area contributed by atoms with Gasteiger partial charge in [-0.15, -0.1) is 0 Å². The predicted molar refractivity (Wildman–Crippen MR) is 85.1 cm³/mol. The average molecular weight is 327 g/mol. The minimum Gasteiger partial charge on any atom is -0.389 e. The van der Waals surface area contributed by atoms with Gasteiger partial charge in [0.15, 0.2) is 0 Å². The molecule has 1 saturated carbocycles. The van der Waals surface area contributed by atoms with Gasteiger partial charge in [0.2, 0.25) is 0 Å². The highest BCUT2D eigenvalue weighted by atomic mass is 79.9. The van der Waals surface area contributed by atoms with Crippen molar-refractivity contribution in [2.75, 3.05) is 5.32 Å². The second-order valence-electron chi connectivity index (χ2n) is 5.16. The molecule has 1 fully saturated rings. The van der Waals surface area contributed by atoms with Gasteiger partial charge in [0.1, 0.15) is 4.99 Å². The Hall–Kier alpha value is -0.610. The van der Waals surface area contributed by atoms with Gasteiger partial charge in [-0.05, 0) is 49.8 Å². The highest BCUT2D eigenvalue weighted by Gasteiger charge is 2.19. The van der Waals surface area contributed by atoms with Crippen LogP contribution < -0.4 is 11.1 Å². The topological polar surface area (TPSA) is 38.0 Å². The van der Waals surface area contributed by atoms with Gasteiger partial charge in [0.05, 0.1) is 0 Å². The second kappa shape index (κ2) is 6.02. The molecule has 0 bridgehead atoms. The Morgan fingerprint density at radius 3 is 2.61 bits per heavy atom. The molecule has 98 valence electrons. The van der Waals surface area contributed by atoms with Crippen molar-refractivity contribution in [2.45, 2.75) is 38.6 Å². The van der Waals surface area contributed by atoms with Gasteiger partial charge in [-0.1, -0.05) is 35.1 Å². The molecule has 0 unspecified atom stereocenters.